The van der Waals surface area contributed by atoms with Crippen LogP contribution in [0, 0.1) is 36.5 Å². The summed E-state index contributed by atoms with van der Waals surface area (Å²) in [4.78, 5) is 0. The molecule has 73 heavy (non-hydrogen) atoms. The minimum atomic E-state index is 0.320. The van der Waals surface area contributed by atoms with E-state index >= 15 is 0 Å². The standard InChI is InChI=1S/C60H35N5.C8H10/c61-36-50-51(37-62)58(32-31-57(50)64-54-27-24-41(38-13-3-1-4-14-38)33-47(54)48-34-42(25-28-55(48)64)39-15-5-2-6-16-39)65-56-30-26-43(35-49(56)60-44-18-8-7-17-40(44)23-29-59(60)65)63-52-21-11-9-19-45(52)46-20-10-12-22-53(46)63;1-7-5-3-4-6-8(7)2/h1-35H;3-6H,1-2H3. The first-order chi connectivity index (χ1) is 36.0. The van der Waals surface area contributed by atoms with E-state index in [1.54, 1.807) is 0 Å². The van der Waals surface area contributed by atoms with Gasteiger partial charge in [0.15, 0.2) is 0 Å². The van der Waals surface area contributed by atoms with Gasteiger partial charge in [0.25, 0.3) is 0 Å². The summed E-state index contributed by atoms with van der Waals surface area (Å²) >= 11 is 0. The van der Waals surface area contributed by atoms with Crippen molar-refractivity contribution in [3.8, 4) is 51.5 Å². The Balaban J connectivity index is 0.000000592. The number of rotatable bonds is 5. The molecular formula is C68H45N5. The first kappa shape index (κ1) is 43.1. The van der Waals surface area contributed by atoms with E-state index in [9.17, 15) is 10.5 Å². The Bertz CT molecular complexity index is 4420. The zero-order valence-corrected chi connectivity index (χ0v) is 40.3. The molecular weight excluding hydrogens is 887 g/mol. The molecule has 14 aromatic rings. The molecule has 0 fully saturated rings. The van der Waals surface area contributed by atoms with E-state index in [0.29, 0.717) is 22.5 Å². The number of fused-ring (bicyclic) bond motifs is 11. The number of para-hydroxylation sites is 2. The SMILES string of the molecule is Cc1ccccc1C.N#Cc1c(-n2c3ccc(-c4ccccc4)cc3c3cc(-c4ccccc4)ccc32)ccc(-n2c3ccc(-n4c5ccccc5c5ccccc54)cc3c3c4ccccc4ccc32)c1C#N. The number of nitriles is 2. The molecule has 0 atom stereocenters. The van der Waals surface area contributed by atoms with Crippen LogP contribution in [0.1, 0.15) is 22.3 Å². The van der Waals surface area contributed by atoms with Gasteiger partial charge in [-0.15, -0.1) is 0 Å². The van der Waals surface area contributed by atoms with Gasteiger partial charge in [-0.1, -0.05) is 164 Å². The van der Waals surface area contributed by atoms with Crippen molar-refractivity contribution in [2.45, 2.75) is 13.8 Å². The van der Waals surface area contributed by atoms with Crippen LogP contribution in [0.5, 0.6) is 0 Å². The third-order valence-corrected chi connectivity index (χ3v) is 14.7. The molecule has 11 aromatic carbocycles. The van der Waals surface area contributed by atoms with Gasteiger partial charge in [-0.3, -0.25) is 0 Å². The molecule has 0 saturated carbocycles. The second kappa shape index (κ2) is 17.5. The van der Waals surface area contributed by atoms with Crippen LogP contribution in [0.25, 0.3) is 116 Å². The predicted octanol–water partition coefficient (Wildman–Crippen LogP) is 17.5. The Morgan fingerprint density at radius 2 is 0.726 bits per heavy atom. The maximum Gasteiger partial charge on any atom is 0.103 e. The van der Waals surface area contributed by atoms with Gasteiger partial charge >= 0.3 is 0 Å². The van der Waals surface area contributed by atoms with Crippen molar-refractivity contribution in [3.63, 3.8) is 0 Å². The molecule has 0 spiro atoms. The molecule has 0 amide bonds. The molecule has 0 saturated heterocycles. The first-order valence-corrected chi connectivity index (χ1v) is 24.6. The van der Waals surface area contributed by atoms with Gasteiger partial charge in [-0.25, -0.2) is 0 Å². The monoisotopic (exact) mass is 931 g/mol. The lowest BCUT2D eigenvalue weighted by Crippen LogP contribution is -2.05. The number of aromatic nitrogens is 3. The van der Waals surface area contributed by atoms with Crippen molar-refractivity contribution < 1.29 is 0 Å². The number of aryl methyl sites for hydroxylation is 2. The maximum atomic E-state index is 11.3. The summed E-state index contributed by atoms with van der Waals surface area (Å²) in [5, 5.41) is 31.5. The van der Waals surface area contributed by atoms with Crippen LogP contribution in [-0.2, 0) is 0 Å². The number of hydrogen-bond acceptors (Lipinski definition) is 2. The average Bonchev–Trinajstić information content (AvgIpc) is 4.09. The van der Waals surface area contributed by atoms with Crippen LogP contribution in [0.3, 0.4) is 0 Å². The summed E-state index contributed by atoms with van der Waals surface area (Å²) in [6.45, 7) is 4.24. The van der Waals surface area contributed by atoms with Crippen LogP contribution in [0.2, 0.25) is 0 Å². The number of benzene rings is 11. The zero-order chi connectivity index (χ0) is 49.2. The van der Waals surface area contributed by atoms with Gasteiger partial charge in [0.1, 0.15) is 12.1 Å². The van der Waals surface area contributed by atoms with Gasteiger partial charge in [0, 0.05) is 38.0 Å². The van der Waals surface area contributed by atoms with E-state index in [2.05, 4.69) is 252 Å². The minimum absolute atomic E-state index is 0.320. The van der Waals surface area contributed by atoms with Crippen molar-refractivity contribution >= 4 is 76.2 Å². The molecule has 3 aromatic heterocycles. The molecule has 0 aliphatic heterocycles. The minimum Gasteiger partial charge on any atom is -0.309 e. The summed E-state index contributed by atoms with van der Waals surface area (Å²) in [5.74, 6) is 0. The summed E-state index contributed by atoms with van der Waals surface area (Å²) in [5.41, 5.74) is 16.3. The molecule has 5 heteroatoms. The lowest BCUT2D eigenvalue weighted by molar-refractivity contribution is 1.12. The highest BCUT2D eigenvalue weighted by Crippen LogP contribution is 2.43. The van der Waals surface area contributed by atoms with E-state index < -0.39 is 0 Å². The van der Waals surface area contributed by atoms with Crippen molar-refractivity contribution in [2.24, 2.45) is 0 Å². The summed E-state index contributed by atoms with van der Waals surface area (Å²) < 4.78 is 6.69. The molecule has 3 heterocycles. The van der Waals surface area contributed by atoms with Gasteiger partial charge in [-0.2, -0.15) is 10.5 Å². The van der Waals surface area contributed by atoms with Gasteiger partial charge in [0.2, 0.25) is 0 Å². The Kier molecular flexibility index (Phi) is 10.3. The fourth-order valence-corrected chi connectivity index (χ4v) is 11.1. The van der Waals surface area contributed by atoms with Gasteiger partial charge < -0.3 is 13.7 Å². The molecule has 0 aliphatic carbocycles. The average molecular weight is 932 g/mol. The molecule has 0 aliphatic rings. The van der Waals surface area contributed by atoms with E-state index in [0.717, 1.165) is 93.4 Å². The highest BCUT2D eigenvalue weighted by atomic mass is 15.0. The van der Waals surface area contributed by atoms with Crippen molar-refractivity contribution in [1.29, 1.82) is 10.5 Å². The highest BCUT2D eigenvalue weighted by Gasteiger charge is 2.24. The van der Waals surface area contributed by atoms with E-state index in [1.807, 2.05) is 24.3 Å². The Labute approximate surface area is 422 Å². The van der Waals surface area contributed by atoms with Crippen LogP contribution < -0.4 is 0 Å². The van der Waals surface area contributed by atoms with Crippen molar-refractivity contribution in [2.75, 3.05) is 0 Å². The molecule has 0 N–H and O–H groups in total. The van der Waals surface area contributed by atoms with Crippen LogP contribution >= 0.6 is 0 Å². The molecule has 5 nitrogen and oxygen atoms in total. The smallest absolute Gasteiger partial charge is 0.103 e. The maximum absolute atomic E-state index is 11.3. The first-order valence-electron chi connectivity index (χ1n) is 24.6. The summed E-state index contributed by atoms with van der Waals surface area (Å²) in [6, 6.07) is 88.0. The predicted molar refractivity (Wildman–Crippen MR) is 303 cm³/mol. The van der Waals surface area contributed by atoms with E-state index in [4.69, 9.17) is 0 Å². The third-order valence-electron chi connectivity index (χ3n) is 14.7. The quantitative estimate of drug-likeness (QED) is 0.173. The molecule has 342 valence electrons. The highest BCUT2D eigenvalue weighted by molar-refractivity contribution is 6.22. The fraction of sp³-hybridized carbons (Fsp3) is 0.0294. The Morgan fingerprint density at radius 1 is 0.301 bits per heavy atom. The van der Waals surface area contributed by atoms with Gasteiger partial charge in [-0.05, 0) is 131 Å². The van der Waals surface area contributed by atoms with E-state index in [-0.39, 0.29) is 0 Å². The second-order valence-corrected chi connectivity index (χ2v) is 18.8. The molecule has 0 bridgehead atoms. The summed E-state index contributed by atoms with van der Waals surface area (Å²) in [7, 11) is 0. The third kappa shape index (κ3) is 6.98. The van der Waals surface area contributed by atoms with Crippen molar-refractivity contribution in [3.05, 3.63) is 259 Å². The number of nitrogens with zero attached hydrogens (tertiary/aromatic N) is 5. The molecule has 0 radical (unpaired) electrons. The number of hydrogen-bond donors (Lipinski definition) is 0. The van der Waals surface area contributed by atoms with Crippen LogP contribution in [0.4, 0.5) is 0 Å². The lowest BCUT2D eigenvalue weighted by Gasteiger charge is -2.16. The van der Waals surface area contributed by atoms with Crippen LogP contribution in [0.15, 0.2) is 237 Å². The second-order valence-electron chi connectivity index (χ2n) is 18.8. The largest absolute Gasteiger partial charge is 0.309 e. The van der Waals surface area contributed by atoms with Crippen molar-refractivity contribution in [1.82, 2.24) is 13.7 Å². The topological polar surface area (TPSA) is 62.4 Å². The Hall–Kier alpha value is -9.94. The fourth-order valence-electron chi connectivity index (χ4n) is 11.1. The summed E-state index contributed by atoms with van der Waals surface area (Å²) in [6.07, 6.45) is 0. The zero-order valence-electron chi connectivity index (χ0n) is 40.3. The molecule has 0 unspecified atom stereocenters. The van der Waals surface area contributed by atoms with Gasteiger partial charge in [0.05, 0.1) is 55.6 Å². The lowest BCUT2D eigenvalue weighted by atomic mass is 10.0. The molecule has 14 rings (SSSR count). The van der Waals surface area contributed by atoms with Crippen LogP contribution in [-0.4, -0.2) is 13.7 Å². The normalized spacial score (nSPS) is 11.4. The Morgan fingerprint density at radius 3 is 1.26 bits per heavy atom. The van der Waals surface area contributed by atoms with E-state index in [1.165, 1.54) is 21.9 Å².